The Morgan fingerprint density at radius 1 is 0.287 bits per heavy atom. The van der Waals surface area contributed by atoms with E-state index in [1.165, 1.54) is 205 Å². The van der Waals surface area contributed by atoms with Crippen molar-refractivity contribution < 1.29 is 80.2 Å². The fraction of sp³-hybridized carbons (Fsp3) is 0.947. The van der Waals surface area contributed by atoms with Crippen LogP contribution in [0.15, 0.2) is 0 Å². The molecule has 5 atom stereocenters. The summed E-state index contributed by atoms with van der Waals surface area (Å²) in [7, 11) is -9.91. The molecule has 0 saturated heterocycles. The minimum absolute atomic E-state index is 0.107. The van der Waals surface area contributed by atoms with E-state index in [1.807, 2.05) is 0 Å². The summed E-state index contributed by atoms with van der Waals surface area (Å²) in [5.74, 6) is -0.523. The lowest BCUT2D eigenvalue weighted by Gasteiger charge is -2.21. The maximum Gasteiger partial charge on any atom is 0.472 e. The average Bonchev–Trinajstić information content (AvgIpc) is 1.38. The fourth-order valence-electron chi connectivity index (χ4n) is 11.5. The molecule has 17 nitrogen and oxygen atoms in total. The lowest BCUT2D eigenvalue weighted by Crippen LogP contribution is -2.30. The van der Waals surface area contributed by atoms with Crippen LogP contribution < -0.4 is 0 Å². The number of ether oxygens (including phenoxy) is 4. The second-order valence-electron chi connectivity index (χ2n) is 28.0. The Bertz CT molecular complexity index is 1820. The van der Waals surface area contributed by atoms with Gasteiger partial charge in [-0.25, -0.2) is 9.13 Å². The Morgan fingerprint density at radius 2 is 0.489 bits per heavy atom. The van der Waals surface area contributed by atoms with E-state index < -0.39 is 97.5 Å². The number of carbonyl (C=O) groups excluding carboxylic acids is 4. The van der Waals surface area contributed by atoms with Gasteiger partial charge >= 0.3 is 39.5 Å². The Labute approximate surface area is 575 Å². The molecule has 2 unspecified atom stereocenters. The van der Waals surface area contributed by atoms with Gasteiger partial charge in [-0.05, 0) is 37.5 Å². The van der Waals surface area contributed by atoms with Crippen LogP contribution in [-0.4, -0.2) is 96.7 Å². The SMILES string of the molecule is CCCCCCCCCCCCC(=O)OC[C@H](COP(=O)(O)OC[C@H](O)COP(=O)(O)OC[C@@H](COC(=O)CCCCCCCCCCCCCCCC(C)C)OC(=O)CCCCCCCCCCCCCCCCCC(C)C)OC(=O)CCCCCCCCCCCC. The van der Waals surface area contributed by atoms with Gasteiger partial charge in [-0.3, -0.25) is 37.3 Å². The molecule has 19 heteroatoms. The predicted octanol–water partition coefficient (Wildman–Crippen LogP) is 21.9. The van der Waals surface area contributed by atoms with Crippen molar-refractivity contribution in [2.24, 2.45) is 11.8 Å². The number of hydrogen-bond donors (Lipinski definition) is 3. The molecule has 0 heterocycles. The van der Waals surface area contributed by atoms with Crippen molar-refractivity contribution in [2.45, 2.75) is 407 Å². The minimum atomic E-state index is -4.96. The highest BCUT2D eigenvalue weighted by Crippen LogP contribution is 2.45. The first-order chi connectivity index (χ1) is 45.4. The van der Waals surface area contributed by atoms with Crippen molar-refractivity contribution in [3.8, 4) is 0 Å². The third-order valence-electron chi connectivity index (χ3n) is 17.5. The van der Waals surface area contributed by atoms with E-state index in [0.29, 0.717) is 25.7 Å². The maximum atomic E-state index is 13.1. The van der Waals surface area contributed by atoms with Crippen molar-refractivity contribution in [3.05, 3.63) is 0 Å². The van der Waals surface area contributed by atoms with Crippen LogP contribution in [-0.2, 0) is 65.4 Å². The first-order valence-electron chi connectivity index (χ1n) is 39.0. The van der Waals surface area contributed by atoms with Gasteiger partial charge in [0, 0.05) is 25.7 Å². The number of rotatable bonds is 74. The zero-order valence-corrected chi connectivity index (χ0v) is 63.1. The summed E-state index contributed by atoms with van der Waals surface area (Å²) in [6.07, 6.45) is 54.0. The average molecular weight is 1380 g/mol. The minimum Gasteiger partial charge on any atom is -0.462 e. The van der Waals surface area contributed by atoms with Gasteiger partial charge in [0.1, 0.15) is 19.3 Å². The van der Waals surface area contributed by atoms with E-state index in [1.54, 1.807) is 0 Å². The van der Waals surface area contributed by atoms with Crippen molar-refractivity contribution >= 4 is 39.5 Å². The highest BCUT2D eigenvalue weighted by molar-refractivity contribution is 7.47. The number of aliphatic hydroxyl groups excluding tert-OH is 1. The summed E-state index contributed by atoms with van der Waals surface area (Å²) in [6, 6.07) is 0. The number of hydrogen-bond acceptors (Lipinski definition) is 15. The molecular formula is C75H146O17P2. The molecule has 0 amide bonds. The van der Waals surface area contributed by atoms with Crippen LogP contribution in [0.25, 0.3) is 0 Å². The molecule has 0 radical (unpaired) electrons. The highest BCUT2D eigenvalue weighted by atomic mass is 31.2. The first-order valence-corrected chi connectivity index (χ1v) is 42.0. The lowest BCUT2D eigenvalue weighted by molar-refractivity contribution is -0.161. The van der Waals surface area contributed by atoms with Crippen molar-refractivity contribution in [1.82, 2.24) is 0 Å². The number of esters is 4. The molecule has 0 rings (SSSR count). The molecule has 0 spiro atoms. The molecule has 0 aliphatic heterocycles. The van der Waals surface area contributed by atoms with Crippen LogP contribution in [0.1, 0.15) is 388 Å². The summed E-state index contributed by atoms with van der Waals surface area (Å²) in [5.41, 5.74) is 0. The van der Waals surface area contributed by atoms with Crippen molar-refractivity contribution in [2.75, 3.05) is 39.6 Å². The summed E-state index contributed by atoms with van der Waals surface area (Å²) in [5, 5.41) is 10.6. The standard InChI is InChI=1S/C75H146O17P2/c1-7-9-11-13-15-17-33-39-45-51-57-72(77)85-63-70(91-74(79)59-53-47-41-34-18-16-14-12-10-8-2)65-89-93(81,82)87-61-69(76)62-88-94(83,84)90-66-71(64-86-73(78)58-52-46-40-35-29-26-22-24-28-32-38-44-50-56-68(5)6)92-75(80)60-54-48-42-36-30-25-21-19-20-23-27-31-37-43-49-55-67(3)4/h67-71,76H,7-66H2,1-6H3,(H,81,82)(H,83,84)/t69-,70+,71+/m0/s1. The molecule has 0 aromatic rings. The van der Waals surface area contributed by atoms with Gasteiger partial charge in [0.15, 0.2) is 12.2 Å². The van der Waals surface area contributed by atoms with E-state index in [9.17, 15) is 43.2 Å². The van der Waals surface area contributed by atoms with Gasteiger partial charge in [-0.1, -0.05) is 337 Å². The van der Waals surface area contributed by atoms with Gasteiger partial charge in [0.25, 0.3) is 0 Å². The highest BCUT2D eigenvalue weighted by Gasteiger charge is 2.30. The van der Waals surface area contributed by atoms with E-state index >= 15 is 0 Å². The molecule has 558 valence electrons. The van der Waals surface area contributed by atoms with Crippen LogP contribution in [0.3, 0.4) is 0 Å². The van der Waals surface area contributed by atoms with Gasteiger partial charge in [-0.15, -0.1) is 0 Å². The topological polar surface area (TPSA) is 237 Å². The molecule has 3 N–H and O–H groups in total. The van der Waals surface area contributed by atoms with E-state index in [0.717, 1.165) is 102 Å². The van der Waals surface area contributed by atoms with E-state index in [-0.39, 0.29) is 25.7 Å². The number of unbranched alkanes of at least 4 members (excludes halogenated alkanes) is 44. The summed E-state index contributed by atoms with van der Waals surface area (Å²) >= 11 is 0. The van der Waals surface area contributed by atoms with E-state index in [2.05, 4.69) is 41.5 Å². The Hall–Kier alpha value is -1.94. The Morgan fingerprint density at radius 3 is 0.723 bits per heavy atom. The third-order valence-corrected chi connectivity index (χ3v) is 19.4. The molecule has 0 bridgehead atoms. The molecule has 0 saturated carbocycles. The van der Waals surface area contributed by atoms with Gasteiger partial charge in [0.2, 0.25) is 0 Å². The Balaban J connectivity index is 5.22. The molecule has 0 aliphatic carbocycles. The smallest absolute Gasteiger partial charge is 0.462 e. The van der Waals surface area contributed by atoms with Gasteiger partial charge in [-0.2, -0.15) is 0 Å². The van der Waals surface area contributed by atoms with Gasteiger partial charge < -0.3 is 33.8 Å². The van der Waals surface area contributed by atoms with Crippen molar-refractivity contribution in [1.29, 1.82) is 0 Å². The number of phosphoric acid groups is 2. The van der Waals surface area contributed by atoms with Gasteiger partial charge in [0.05, 0.1) is 26.4 Å². The normalized spacial score (nSPS) is 14.0. The monoisotopic (exact) mass is 1380 g/mol. The second-order valence-corrected chi connectivity index (χ2v) is 30.9. The molecule has 0 fully saturated rings. The predicted molar refractivity (Wildman–Crippen MR) is 381 cm³/mol. The lowest BCUT2D eigenvalue weighted by atomic mass is 10.0. The van der Waals surface area contributed by atoms with Crippen molar-refractivity contribution in [3.63, 3.8) is 0 Å². The summed E-state index contributed by atoms with van der Waals surface area (Å²) in [4.78, 5) is 72.7. The second kappa shape index (κ2) is 66.9. The van der Waals surface area contributed by atoms with E-state index in [4.69, 9.17) is 37.0 Å². The van der Waals surface area contributed by atoms with Crippen LogP contribution >= 0.6 is 15.6 Å². The molecule has 0 aromatic heterocycles. The van der Waals surface area contributed by atoms with Crippen LogP contribution in [0.5, 0.6) is 0 Å². The molecule has 0 aromatic carbocycles. The summed E-state index contributed by atoms with van der Waals surface area (Å²) < 4.78 is 68.4. The zero-order valence-electron chi connectivity index (χ0n) is 61.3. The van der Waals surface area contributed by atoms with Crippen LogP contribution in [0.2, 0.25) is 0 Å². The van der Waals surface area contributed by atoms with Crippen LogP contribution in [0.4, 0.5) is 0 Å². The largest absolute Gasteiger partial charge is 0.472 e. The van der Waals surface area contributed by atoms with Crippen LogP contribution in [0, 0.1) is 11.8 Å². The molecule has 0 aliphatic rings. The number of carbonyl (C=O) groups is 4. The molecular weight excluding hydrogens is 1230 g/mol. The zero-order chi connectivity index (χ0) is 69.3. The fourth-order valence-corrected chi connectivity index (χ4v) is 13.1. The first kappa shape index (κ1) is 92.1. The number of phosphoric ester groups is 2. The number of aliphatic hydroxyl groups is 1. The quantitative estimate of drug-likeness (QED) is 0.0222. The summed E-state index contributed by atoms with van der Waals surface area (Å²) in [6.45, 7) is 9.62. The Kier molecular flexibility index (Phi) is 65.5. The molecule has 94 heavy (non-hydrogen) atoms. The maximum absolute atomic E-state index is 13.1. The third kappa shape index (κ3) is 68.6.